The van der Waals surface area contributed by atoms with E-state index in [1.807, 2.05) is 24.3 Å². The average Bonchev–Trinajstić information content (AvgIpc) is 3.02. The smallest absolute Gasteiger partial charge is 0.241 e. The van der Waals surface area contributed by atoms with Crippen molar-refractivity contribution in [1.29, 1.82) is 0 Å². The van der Waals surface area contributed by atoms with E-state index < -0.39 is 0 Å². The maximum absolute atomic E-state index is 12.2. The van der Waals surface area contributed by atoms with Crippen molar-refractivity contribution in [2.45, 2.75) is 13.0 Å². The van der Waals surface area contributed by atoms with E-state index in [4.69, 9.17) is 0 Å². The number of hydrogen-bond donors (Lipinski definition) is 2. The molecule has 0 aliphatic rings. The second-order valence-electron chi connectivity index (χ2n) is 6.32. The van der Waals surface area contributed by atoms with Gasteiger partial charge in [-0.3, -0.25) is 4.79 Å². The van der Waals surface area contributed by atoms with Crippen LogP contribution in [0.1, 0.15) is 12.0 Å². The number of phenolic OH excluding ortho intramolecular Hbond substituents is 1. The van der Waals surface area contributed by atoms with Crippen LogP contribution in [0.5, 0.6) is 5.75 Å². The van der Waals surface area contributed by atoms with E-state index in [1.54, 1.807) is 30.5 Å². The highest BCUT2D eigenvalue weighted by molar-refractivity contribution is 6.08. The zero-order chi connectivity index (χ0) is 18.6. The minimum atomic E-state index is -0.146. The topological polar surface area (TPSA) is 66.6 Å². The molecule has 3 aromatic carbocycles. The fraction of sp³-hybridized carbons (Fsp3) is 0.0909. The van der Waals surface area contributed by atoms with Crippen molar-refractivity contribution in [3.63, 3.8) is 0 Å². The molecule has 4 aromatic rings. The number of aromatic nitrogens is 1. The van der Waals surface area contributed by atoms with Gasteiger partial charge >= 0.3 is 0 Å². The lowest BCUT2D eigenvalue weighted by Crippen LogP contribution is -2.19. The molecule has 2 N–H and O–H groups in total. The first-order chi connectivity index (χ1) is 13.2. The lowest BCUT2D eigenvalue weighted by Gasteiger charge is -2.06. The van der Waals surface area contributed by atoms with Gasteiger partial charge in [0.15, 0.2) is 0 Å². The number of hydrazone groups is 1. The highest BCUT2D eigenvalue weighted by atomic mass is 16.3. The molecule has 0 spiro atoms. The van der Waals surface area contributed by atoms with Crippen LogP contribution >= 0.6 is 0 Å². The molecule has 5 heteroatoms. The number of phenols is 1. The molecule has 1 heterocycles. The summed E-state index contributed by atoms with van der Waals surface area (Å²) in [5.41, 5.74) is 5.61. The van der Waals surface area contributed by atoms with E-state index >= 15 is 0 Å². The molecule has 134 valence electrons. The molecule has 0 atom stereocenters. The number of para-hydroxylation sites is 2. The van der Waals surface area contributed by atoms with Gasteiger partial charge in [-0.15, -0.1) is 0 Å². The van der Waals surface area contributed by atoms with Gasteiger partial charge in [-0.25, -0.2) is 5.43 Å². The standard InChI is InChI=1S/C22H19N3O2/c26-17-11-9-16(10-12-17)15-23-24-22(27)13-14-25-20-7-3-1-5-18(20)19-6-2-4-8-21(19)25/h1-12,15,26H,13-14H2,(H,24,27). The number of amides is 1. The summed E-state index contributed by atoms with van der Waals surface area (Å²) in [7, 11) is 0. The minimum Gasteiger partial charge on any atom is -0.508 e. The summed E-state index contributed by atoms with van der Waals surface area (Å²) in [5.74, 6) is 0.0502. The van der Waals surface area contributed by atoms with Gasteiger partial charge in [0.25, 0.3) is 0 Å². The largest absolute Gasteiger partial charge is 0.508 e. The van der Waals surface area contributed by atoms with E-state index in [9.17, 15) is 9.90 Å². The molecule has 4 rings (SSSR count). The molecule has 0 saturated heterocycles. The van der Waals surface area contributed by atoms with Crippen molar-refractivity contribution in [3.8, 4) is 5.75 Å². The summed E-state index contributed by atoms with van der Waals surface area (Å²) >= 11 is 0. The van der Waals surface area contributed by atoms with Crippen LogP contribution < -0.4 is 5.43 Å². The highest BCUT2D eigenvalue weighted by Gasteiger charge is 2.10. The Morgan fingerprint density at radius 1 is 0.926 bits per heavy atom. The van der Waals surface area contributed by atoms with Crippen LogP contribution in [-0.4, -0.2) is 21.8 Å². The summed E-state index contributed by atoms with van der Waals surface area (Å²) < 4.78 is 2.17. The number of rotatable bonds is 5. The number of hydrogen-bond acceptors (Lipinski definition) is 3. The SMILES string of the molecule is O=C(CCn1c2ccccc2c2ccccc21)NN=Cc1ccc(O)cc1. The van der Waals surface area contributed by atoms with Crippen LogP contribution in [0.25, 0.3) is 21.8 Å². The Morgan fingerprint density at radius 3 is 2.15 bits per heavy atom. The Kier molecular flexibility index (Phi) is 4.58. The van der Waals surface area contributed by atoms with Gasteiger partial charge in [-0.2, -0.15) is 5.10 Å². The summed E-state index contributed by atoms with van der Waals surface area (Å²) in [5, 5.41) is 15.6. The molecule has 1 aromatic heterocycles. The molecule has 0 unspecified atom stereocenters. The number of nitrogens with zero attached hydrogens (tertiary/aromatic N) is 2. The number of benzene rings is 3. The predicted molar refractivity (Wildman–Crippen MR) is 108 cm³/mol. The molecule has 1 amide bonds. The van der Waals surface area contributed by atoms with Gasteiger partial charge in [-0.05, 0) is 42.0 Å². The zero-order valence-corrected chi connectivity index (χ0v) is 14.7. The van der Waals surface area contributed by atoms with Gasteiger partial charge in [0.05, 0.1) is 6.21 Å². The van der Waals surface area contributed by atoms with Gasteiger partial charge in [-0.1, -0.05) is 36.4 Å². The first-order valence-corrected chi connectivity index (χ1v) is 8.79. The predicted octanol–water partition coefficient (Wildman–Crippen LogP) is 4.04. The Bertz CT molecular complexity index is 1070. The van der Waals surface area contributed by atoms with Crippen molar-refractivity contribution >= 4 is 33.9 Å². The van der Waals surface area contributed by atoms with Crippen LogP contribution in [0.3, 0.4) is 0 Å². The third-order valence-corrected chi connectivity index (χ3v) is 4.54. The number of aromatic hydroxyl groups is 1. The quantitative estimate of drug-likeness (QED) is 0.418. The third kappa shape index (κ3) is 3.53. The lowest BCUT2D eigenvalue weighted by atomic mass is 10.2. The maximum Gasteiger partial charge on any atom is 0.241 e. The van der Waals surface area contributed by atoms with Gasteiger partial charge in [0, 0.05) is 34.8 Å². The number of carbonyl (C=O) groups excluding carboxylic acids is 1. The highest BCUT2D eigenvalue weighted by Crippen LogP contribution is 2.28. The minimum absolute atomic E-state index is 0.146. The Labute approximate surface area is 156 Å². The van der Waals surface area contributed by atoms with E-state index in [0.29, 0.717) is 13.0 Å². The first kappa shape index (κ1) is 16.8. The van der Waals surface area contributed by atoms with Gasteiger partial charge in [0.2, 0.25) is 5.91 Å². The number of nitrogens with one attached hydrogen (secondary N) is 1. The van der Waals surface area contributed by atoms with Gasteiger partial charge < -0.3 is 9.67 Å². The van der Waals surface area contributed by atoms with Crippen molar-refractivity contribution in [2.24, 2.45) is 5.10 Å². The molecular weight excluding hydrogens is 338 g/mol. The first-order valence-electron chi connectivity index (χ1n) is 8.79. The molecule has 0 fully saturated rings. The summed E-state index contributed by atoms with van der Waals surface area (Å²) in [6.45, 7) is 0.578. The Morgan fingerprint density at radius 2 is 1.52 bits per heavy atom. The molecule has 0 aliphatic heterocycles. The molecule has 0 radical (unpaired) electrons. The molecule has 0 saturated carbocycles. The lowest BCUT2D eigenvalue weighted by molar-refractivity contribution is -0.121. The Hall–Kier alpha value is -3.60. The van der Waals surface area contributed by atoms with Crippen molar-refractivity contribution < 1.29 is 9.90 Å². The van der Waals surface area contributed by atoms with E-state index in [0.717, 1.165) is 16.6 Å². The van der Waals surface area contributed by atoms with Crippen LogP contribution in [0.15, 0.2) is 77.9 Å². The second-order valence-corrected chi connectivity index (χ2v) is 6.32. The van der Waals surface area contributed by atoms with Crippen molar-refractivity contribution in [1.82, 2.24) is 9.99 Å². The van der Waals surface area contributed by atoms with Crippen LogP contribution in [0, 0.1) is 0 Å². The van der Waals surface area contributed by atoms with Crippen molar-refractivity contribution in [3.05, 3.63) is 78.4 Å². The summed E-state index contributed by atoms with van der Waals surface area (Å²) in [6, 6.07) is 23.1. The summed E-state index contributed by atoms with van der Waals surface area (Å²) in [4.78, 5) is 12.2. The molecule has 5 nitrogen and oxygen atoms in total. The number of fused-ring (bicyclic) bond motifs is 3. The monoisotopic (exact) mass is 357 g/mol. The molecule has 0 aliphatic carbocycles. The van der Waals surface area contributed by atoms with Crippen LogP contribution in [0.4, 0.5) is 0 Å². The molecule has 27 heavy (non-hydrogen) atoms. The van der Waals surface area contributed by atoms with E-state index in [-0.39, 0.29) is 11.7 Å². The van der Waals surface area contributed by atoms with Crippen molar-refractivity contribution in [2.75, 3.05) is 0 Å². The van der Waals surface area contributed by atoms with Crippen LogP contribution in [-0.2, 0) is 11.3 Å². The van der Waals surface area contributed by atoms with E-state index in [2.05, 4.69) is 39.4 Å². The number of aryl methyl sites for hydroxylation is 1. The summed E-state index contributed by atoms with van der Waals surface area (Å²) in [6.07, 6.45) is 1.88. The average molecular weight is 357 g/mol. The van der Waals surface area contributed by atoms with E-state index in [1.165, 1.54) is 10.8 Å². The number of carbonyl (C=O) groups is 1. The second kappa shape index (κ2) is 7.33. The normalized spacial score (nSPS) is 11.4. The molecule has 0 bridgehead atoms. The molecular formula is C22H19N3O2. The zero-order valence-electron chi connectivity index (χ0n) is 14.7. The Balaban J connectivity index is 1.46. The maximum atomic E-state index is 12.2. The van der Waals surface area contributed by atoms with Crippen LogP contribution in [0.2, 0.25) is 0 Å². The van der Waals surface area contributed by atoms with Gasteiger partial charge in [0.1, 0.15) is 5.75 Å². The third-order valence-electron chi connectivity index (χ3n) is 4.54. The fourth-order valence-corrected chi connectivity index (χ4v) is 3.25. The fourth-order valence-electron chi connectivity index (χ4n) is 3.25.